The van der Waals surface area contributed by atoms with E-state index in [-0.39, 0.29) is 16.7 Å². The molecule has 1 aromatic carbocycles. The molecule has 0 atom stereocenters. The number of anilines is 1. The number of benzene rings is 1. The Kier molecular flexibility index (Phi) is 4.94. The number of amides is 1. The van der Waals surface area contributed by atoms with Crippen LogP contribution in [-0.4, -0.2) is 20.9 Å². The molecule has 0 aliphatic carbocycles. The molecule has 0 radical (unpaired) electrons. The molecule has 0 aliphatic heterocycles. The average molecular weight is 317 g/mol. The second-order valence-electron chi connectivity index (χ2n) is 4.08. The minimum Gasteiger partial charge on any atom is -0.331 e. The maximum Gasteiger partial charge on any atom is 0.271 e. The quantitative estimate of drug-likeness (QED) is 0.448. The number of non-ortho nitro benzene ring substituents is 1. The van der Waals surface area contributed by atoms with Crippen molar-refractivity contribution in [3.05, 3.63) is 64.5 Å². The summed E-state index contributed by atoms with van der Waals surface area (Å²) in [5.74, 6) is -0.388. The number of carbonyl (C=O) groups is 1. The minimum atomic E-state index is -0.492. The molecule has 0 saturated carbocycles. The van der Waals surface area contributed by atoms with Crippen molar-refractivity contribution in [2.75, 3.05) is 5.32 Å². The van der Waals surface area contributed by atoms with Crippen LogP contribution in [0.1, 0.15) is 10.4 Å². The van der Waals surface area contributed by atoms with Crippen LogP contribution < -0.4 is 16.2 Å². The van der Waals surface area contributed by atoms with Crippen molar-refractivity contribution >= 4 is 34.6 Å². The summed E-state index contributed by atoms with van der Waals surface area (Å²) < 4.78 is 0. The number of rotatable bonds is 3. The third kappa shape index (κ3) is 4.21. The smallest absolute Gasteiger partial charge is 0.271 e. The molecule has 22 heavy (non-hydrogen) atoms. The average Bonchev–Trinajstić information content (AvgIpc) is 2.54. The molecule has 0 fully saturated rings. The summed E-state index contributed by atoms with van der Waals surface area (Å²) in [4.78, 5) is 25.6. The number of nitro groups is 1. The number of nitro benzene ring substituents is 1. The summed E-state index contributed by atoms with van der Waals surface area (Å²) in [6, 6.07) is 8.96. The van der Waals surface area contributed by atoms with Crippen LogP contribution in [0.3, 0.4) is 0 Å². The van der Waals surface area contributed by atoms with E-state index in [9.17, 15) is 14.9 Å². The van der Waals surface area contributed by atoms with Crippen molar-refractivity contribution in [2.45, 2.75) is 0 Å². The van der Waals surface area contributed by atoms with E-state index >= 15 is 0 Å². The number of carbonyl (C=O) groups excluding carboxylic acids is 1. The highest BCUT2D eigenvalue weighted by Crippen LogP contribution is 2.15. The van der Waals surface area contributed by atoms with Gasteiger partial charge in [-0.1, -0.05) is 0 Å². The SMILES string of the molecule is O=C(NNC(=S)Nc1ccc([N+](=O)[O-])cc1)c1cccnc1. The fraction of sp³-hybridized carbons (Fsp3) is 0. The van der Waals surface area contributed by atoms with Gasteiger partial charge in [-0.25, -0.2) is 0 Å². The number of nitrogens with zero attached hydrogens (tertiary/aromatic N) is 2. The monoisotopic (exact) mass is 317 g/mol. The molecule has 9 heteroatoms. The molecule has 1 aromatic heterocycles. The van der Waals surface area contributed by atoms with E-state index < -0.39 is 4.92 Å². The van der Waals surface area contributed by atoms with Gasteiger partial charge in [0.2, 0.25) is 0 Å². The van der Waals surface area contributed by atoms with Crippen molar-refractivity contribution in [2.24, 2.45) is 0 Å². The van der Waals surface area contributed by atoms with Gasteiger partial charge in [0.15, 0.2) is 5.11 Å². The zero-order valence-corrected chi connectivity index (χ0v) is 12.0. The van der Waals surface area contributed by atoms with Gasteiger partial charge < -0.3 is 5.32 Å². The molecule has 1 heterocycles. The molecule has 112 valence electrons. The summed E-state index contributed by atoms with van der Waals surface area (Å²) >= 11 is 5.00. The fourth-order valence-corrected chi connectivity index (χ4v) is 1.68. The lowest BCUT2D eigenvalue weighted by atomic mass is 10.3. The molecule has 0 saturated heterocycles. The maximum absolute atomic E-state index is 11.7. The molecule has 2 rings (SSSR count). The first-order chi connectivity index (χ1) is 10.6. The summed E-state index contributed by atoms with van der Waals surface area (Å²) in [6.07, 6.45) is 2.98. The summed E-state index contributed by atoms with van der Waals surface area (Å²) in [5, 5.41) is 13.5. The van der Waals surface area contributed by atoms with E-state index in [2.05, 4.69) is 21.2 Å². The van der Waals surface area contributed by atoms with Gasteiger partial charge in [-0.3, -0.25) is 30.7 Å². The van der Waals surface area contributed by atoms with Gasteiger partial charge in [0, 0.05) is 30.2 Å². The van der Waals surface area contributed by atoms with Crippen LogP contribution in [-0.2, 0) is 0 Å². The van der Waals surface area contributed by atoms with Gasteiger partial charge in [0.05, 0.1) is 10.5 Å². The Labute approximate surface area is 130 Å². The van der Waals surface area contributed by atoms with Crippen molar-refractivity contribution in [3.63, 3.8) is 0 Å². The van der Waals surface area contributed by atoms with E-state index in [4.69, 9.17) is 12.2 Å². The van der Waals surface area contributed by atoms with Crippen molar-refractivity contribution in [1.82, 2.24) is 15.8 Å². The Balaban J connectivity index is 1.85. The largest absolute Gasteiger partial charge is 0.331 e. The first-order valence-electron chi connectivity index (χ1n) is 6.08. The van der Waals surface area contributed by atoms with Crippen LogP contribution in [0.25, 0.3) is 0 Å². The number of pyridine rings is 1. The zero-order valence-electron chi connectivity index (χ0n) is 11.1. The Morgan fingerprint density at radius 1 is 1.18 bits per heavy atom. The predicted octanol–water partition coefficient (Wildman–Crippen LogP) is 1.62. The number of aromatic nitrogens is 1. The topological polar surface area (TPSA) is 109 Å². The van der Waals surface area contributed by atoms with Gasteiger partial charge in [0.1, 0.15) is 0 Å². The highest BCUT2D eigenvalue weighted by atomic mass is 32.1. The first kappa shape index (κ1) is 15.3. The molecular formula is C13H11N5O3S. The van der Waals surface area contributed by atoms with E-state index in [0.717, 1.165) is 0 Å². The highest BCUT2D eigenvalue weighted by Gasteiger charge is 2.07. The van der Waals surface area contributed by atoms with E-state index in [1.165, 1.54) is 30.5 Å². The van der Waals surface area contributed by atoms with E-state index in [0.29, 0.717) is 11.3 Å². The van der Waals surface area contributed by atoms with Crippen molar-refractivity contribution in [3.8, 4) is 0 Å². The van der Waals surface area contributed by atoms with E-state index in [1.807, 2.05) is 0 Å². The van der Waals surface area contributed by atoms with Crippen LogP contribution in [0, 0.1) is 10.1 Å². The van der Waals surface area contributed by atoms with Gasteiger partial charge in [-0.05, 0) is 36.5 Å². The lowest BCUT2D eigenvalue weighted by molar-refractivity contribution is -0.384. The summed E-state index contributed by atoms with van der Waals surface area (Å²) in [6.45, 7) is 0. The number of nitrogens with one attached hydrogen (secondary N) is 3. The Morgan fingerprint density at radius 3 is 2.50 bits per heavy atom. The van der Waals surface area contributed by atoms with Crippen LogP contribution in [0.5, 0.6) is 0 Å². The predicted molar refractivity (Wildman–Crippen MR) is 84.2 cm³/mol. The zero-order chi connectivity index (χ0) is 15.9. The van der Waals surface area contributed by atoms with Crippen LogP contribution in [0.4, 0.5) is 11.4 Å². The minimum absolute atomic E-state index is 0.0192. The van der Waals surface area contributed by atoms with Crippen LogP contribution >= 0.6 is 12.2 Å². The molecule has 2 aromatic rings. The maximum atomic E-state index is 11.7. The molecule has 0 spiro atoms. The first-order valence-corrected chi connectivity index (χ1v) is 6.49. The lowest BCUT2D eigenvalue weighted by Gasteiger charge is -2.11. The second-order valence-corrected chi connectivity index (χ2v) is 4.49. The van der Waals surface area contributed by atoms with E-state index in [1.54, 1.807) is 18.3 Å². The fourth-order valence-electron chi connectivity index (χ4n) is 1.51. The van der Waals surface area contributed by atoms with Crippen molar-refractivity contribution in [1.29, 1.82) is 0 Å². The van der Waals surface area contributed by atoms with Gasteiger partial charge in [-0.2, -0.15) is 0 Å². The van der Waals surface area contributed by atoms with Crippen LogP contribution in [0.2, 0.25) is 0 Å². The third-order valence-corrected chi connectivity index (χ3v) is 2.75. The summed E-state index contributed by atoms with van der Waals surface area (Å²) in [5.41, 5.74) is 5.85. The molecule has 0 unspecified atom stereocenters. The molecule has 0 aliphatic rings. The van der Waals surface area contributed by atoms with Crippen molar-refractivity contribution < 1.29 is 9.72 Å². The number of hydrogen-bond donors (Lipinski definition) is 3. The lowest BCUT2D eigenvalue weighted by Crippen LogP contribution is -2.43. The standard InChI is InChI=1S/C13H11N5O3S/c19-12(9-2-1-7-14-8-9)16-17-13(22)15-10-3-5-11(6-4-10)18(20)21/h1-8H,(H,16,19)(H2,15,17,22). The van der Waals surface area contributed by atoms with Crippen LogP contribution in [0.15, 0.2) is 48.8 Å². The molecule has 3 N–H and O–H groups in total. The molecular weight excluding hydrogens is 306 g/mol. The Hall–Kier alpha value is -3.07. The Morgan fingerprint density at radius 2 is 1.91 bits per heavy atom. The highest BCUT2D eigenvalue weighted by molar-refractivity contribution is 7.80. The number of thiocarbonyl (C=S) groups is 1. The summed E-state index contributed by atoms with van der Waals surface area (Å²) in [7, 11) is 0. The number of hydrazine groups is 1. The Bertz CT molecular complexity index is 691. The third-order valence-electron chi connectivity index (χ3n) is 2.55. The molecule has 1 amide bonds. The van der Waals surface area contributed by atoms with Gasteiger partial charge in [0.25, 0.3) is 11.6 Å². The number of hydrogen-bond acceptors (Lipinski definition) is 5. The normalized spacial score (nSPS) is 9.64. The van der Waals surface area contributed by atoms with Gasteiger partial charge in [-0.15, -0.1) is 0 Å². The molecule has 0 bridgehead atoms. The van der Waals surface area contributed by atoms with Gasteiger partial charge >= 0.3 is 0 Å². The molecule has 8 nitrogen and oxygen atoms in total. The second kappa shape index (κ2) is 7.09.